The molecule has 1 fully saturated rings. The van der Waals surface area contributed by atoms with Gasteiger partial charge >= 0.3 is 12.1 Å². The van der Waals surface area contributed by atoms with Crippen LogP contribution in [0.3, 0.4) is 0 Å². The van der Waals surface area contributed by atoms with Gasteiger partial charge in [0.2, 0.25) is 0 Å². The number of hydroxylamine groups is 2. The number of carbonyl (C=O) groups excluding carboxylic acids is 2. The maximum Gasteiger partial charge on any atom is 0.407 e. The predicted molar refractivity (Wildman–Crippen MR) is 129 cm³/mol. The van der Waals surface area contributed by atoms with Crippen molar-refractivity contribution < 1.29 is 29.1 Å². The van der Waals surface area contributed by atoms with Gasteiger partial charge in [-0.25, -0.2) is 14.7 Å². The number of hydrogen-bond acceptors (Lipinski definition) is 5. The van der Waals surface area contributed by atoms with Crippen LogP contribution in [0.25, 0.3) is 11.1 Å². The second-order valence-electron chi connectivity index (χ2n) is 9.29. The summed E-state index contributed by atoms with van der Waals surface area (Å²) >= 11 is 0. The number of carboxylic acid groups (broad SMARTS) is 1. The molecule has 2 amide bonds. The minimum Gasteiger partial charge on any atom is -0.479 e. The summed E-state index contributed by atoms with van der Waals surface area (Å²) in [6, 6.07) is 16.3. The molecule has 8 heteroatoms. The number of nitrogens with one attached hydrogen (secondary N) is 1. The number of ether oxygens (including phenoxy) is 1. The Bertz CT molecular complexity index is 1020. The van der Waals surface area contributed by atoms with Crippen LogP contribution in [0.5, 0.6) is 0 Å². The minimum atomic E-state index is -1.16. The van der Waals surface area contributed by atoms with Crippen molar-refractivity contribution in [1.29, 1.82) is 0 Å². The minimum absolute atomic E-state index is 0.0420. The summed E-state index contributed by atoms with van der Waals surface area (Å²) in [7, 11) is 1.40. The Hall–Kier alpha value is -3.39. The number of rotatable bonds is 10. The molecule has 2 aromatic carbocycles. The molecule has 0 bridgehead atoms. The normalized spacial score (nSPS) is 15.8. The lowest BCUT2D eigenvalue weighted by molar-refractivity contribution is -0.189. The van der Waals surface area contributed by atoms with Crippen LogP contribution < -0.4 is 5.32 Å². The van der Waals surface area contributed by atoms with E-state index in [9.17, 15) is 14.4 Å². The summed E-state index contributed by atoms with van der Waals surface area (Å²) in [5, 5.41) is 12.5. The first-order valence-electron chi connectivity index (χ1n) is 12.1. The summed E-state index contributed by atoms with van der Waals surface area (Å²) in [6.45, 7) is -0.298. The van der Waals surface area contributed by atoms with E-state index in [1.54, 1.807) is 0 Å². The lowest BCUT2D eigenvalue weighted by Crippen LogP contribution is -2.41. The fourth-order valence-corrected chi connectivity index (χ4v) is 5.25. The Labute approximate surface area is 205 Å². The zero-order chi connectivity index (χ0) is 24.8. The highest BCUT2D eigenvalue weighted by Gasteiger charge is 2.31. The number of alkyl carbamates (subject to hydrolysis) is 1. The van der Waals surface area contributed by atoms with Crippen LogP contribution in [0, 0.1) is 11.8 Å². The Kier molecular flexibility index (Phi) is 8.02. The van der Waals surface area contributed by atoms with Crippen molar-refractivity contribution >= 4 is 18.0 Å². The van der Waals surface area contributed by atoms with Gasteiger partial charge < -0.3 is 15.2 Å². The van der Waals surface area contributed by atoms with E-state index in [1.807, 2.05) is 24.3 Å². The third kappa shape index (κ3) is 6.00. The van der Waals surface area contributed by atoms with Gasteiger partial charge in [-0.05, 0) is 34.6 Å². The third-order valence-electron chi connectivity index (χ3n) is 6.97. The number of carbonyl (C=O) groups is 3. The molecule has 0 spiro atoms. The average Bonchev–Trinajstić information content (AvgIpc) is 3.49. The van der Waals surface area contributed by atoms with Gasteiger partial charge in [0.15, 0.2) is 6.61 Å². The van der Waals surface area contributed by atoms with Crippen LogP contribution in [0.4, 0.5) is 4.79 Å². The zero-order valence-electron chi connectivity index (χ0n) is 19.9. The number of benzene rings is 2. The number of amides is 2. The maximum absolute atomic E-state index is 12.9. The zero-order valence-corrected chi connectivity index (χ0v) is 19.9. The van der Waals surface area contributed by atoms with Gasteiger partial charge in [0.1, 0.15) is 6.61 Å². The van der Waals surface area contributed by atoms with Crippen LogP contribution in [0.1, 0.15) is 49.1 Å². The number of nitrogens with zero attached hydrogens (tertiary/aromatic N) is 1. The molecule has 35 heavy (non-hydrogen) atoms. The van der Waals surface area contributed by atoms with Crippen LogP contribution in [-0.2, 0) is 19.2 Å². The van der Waals surface area contributed by atoms with E-state index in [-0.39, 0.29) is 25.0 Å². The first-order chi connectivity index (χ1) is 16.9. The number of fused-ring (bicyclic) bond motifs is 3. The van der Waals surface area contributed by atoms with Crippen molar-refractivity contribution in [2.24, 2.45) is 11.8 Å². The van der Waals surface area contributed by atoms with Gasteiger partial charge in [-0.3, -0.25) is 9.63 Å². The van der Waals surface area contributed by atoms with Crippen molar-refractivity contribution in [3.63, 3.8) is 0 Å². The van der Waals surface area contributed by atoms with Gasteiger partial charge in [0.25, 0.3) is 5.91 Å². The lowest BCUT2D eigenvalue weighted by atomic mass is 9.92. The highest BCUT2D eigenvalue weighted by atomic mass is 16.7. The van der Waals surface area contributed by atoms with Gasteiger partial charge in [-0.15, -0.1) is 0 Å². The molecule has 0 aromatic heterocycles. The molecule has 0 heterocycles. The summed E-state index contributed by atoms with van der Waals surface area (Å²) in [6.07, 6.45) is 4.41. The van der Waals surface area contributed by atoms with Gasteiger partial charge in [0, 0.05) is 19.5 Å². The predicted octanol–water partition coefficient (Wildman–Crippen LogP) is 4.20. The van der Waals surface area contributed by atoms with Crippen LogP contribution in [-0.4, -0.2) is 54.9 Å². The fraction of sp³-hybridized carbons (Fsp3) is 0.444. The van der Waals surface area contributed by atoms with E-state index in [4.69, 9.17) is 14.7 Å². The van der Waals surface area contributed by atoms with Gasteiger partial charge in [0.05, 0.1) is 5.92 Å². The first-order valence-corrected chi connectivity index (χ1v) is 12.1. The molecule has 0 aliphatic heterocycles. The topological polar surface area (TPSA) is 105 Å². The number of carboxylic acids is 1. The first kappa shape index (κ1) is 24.7. The molecule has 2 aromatic rings. The maximum atomic E-state index is 12.9. The van der Waals surface area contributed by atoms with Gasteiger partial charge in [-0.2, -0.15) is 0 Å². The van der Waals surface area contributed by atoms with Crippen LogP contribution >= 0.6 is 0 Å². The smallest absolute Gasteiger partial charge is 0.407 e. The molecule has 8 nitrogen and oxygen atoms in total. The highest BCUT2D eigenvalue weighted by molar-refractivity contribution is 5.80. The number of aliphatic carboxylic acids is 1. The highest BCUT2D eigenvalue weighted by Crippen LogP contribution is 2.44. The van der Waals surface area contributed by atoms with E-state index in [2.05, 4.69) is 29.6 Å². The Morgan fingerprint density at radius 3 is 2.23 bits per heavy atom. The monoisotopic (exact) mass is 480 g/mol. The fourth-order valence-electron chi connectivity index (χ4n) is 5.25. The largest absolute Gasteiger partial charge is 0.479 e. The van der Waals surface area contributed by atoms with E-state index >= 15 is 0 Å². The Morgan fingerprint density at radius 2 is 1.63 bits per heavy atom. The van der Waals surface area contributed by atoms with E-state index in [0.29, 0.717) is 12.3 Å². The van der Waals surface area contributed by atoms with Crippen molar-refractivity contribution in [3.05, 3.63) is 59.7 Å². The standard InChI is InChI=1S/C27H32N2O6/c1-29(35-17-25(30)31)26(32)19(14-18-8-2-3-9-18)15-28-27(33)34-16-24-22-12-6-4-10-20(22)21-11-5-7-13-23(21)24/h4-7,10-13,18-19,24H,2-3,8-9,14-17H2,1H3,(H,28,33)(H,30,31). The summed E-state index contributed by atoms with van der Waals surface area (Å²) in [4.78, 5) is 41.3. The summed E-state index contributed by atoms with van der Waals surface area (Å²) in [5.74, 6) is -1.66. The molecule has 2 aliphatic carbocycles. The average molecular weight is 481 g/mol. The van der Waals surface area contributed by atoms with Crippen molar-refractivity contribution in [1.82, 2.24) is 10.4 Å². The summed E-state index contributed by atoms with van der Waals surface area (Å²) < 4.78 is 5.60. The molecule has 1 unspecified atom stereocenters. The lowest BCUT2D eigenvalue weighted by Gasteiger charge is -2.25. The molecule has 4 rings (SSSR count). The van der Waals surface area contributed by atoms with Crippen molar-refractivity contribution in [2.75, 3.05) is 26.8 Å². The number of hydrogen-bond donors (Lipinski definition) is 2. The SMILES string of the molecule is CN(OCC(=O)O)C(=O)C(CNC(=O)OCC1c2ccccc2-c2ccccc21)CC1CCCC1. The van der Waals surface area contributed by atoms with E-state index < -0.39 is 24.6 Å². The van der Waals surface area contributed by atoms with Crippen molar-refractivity contribution in [2.45, 2.75) is 38.0 Å². The Balaban J connectivity index is 1.35. The second kappa shape index (κ2) is 11.4. The van der Waals surface area contributed by atoms with E-state index in [1.165, 1.54) is 7.05 Å². The molecule has 1 saturated carbocycles. The molecule has 2 N–H and O–H groups in total. The van der Waals surface area contributed by atoms with E-state index in [0.717, 1.165) is 53.0 Å². The molecule has 2 aliphatic rings. The molecule has 0 saturated heterocycles. The molecular formula is C27H32N2O6. The molecular weight excluding hydrogens is 448 g/mol. The molecule has 186 valence electrons. The third-order valence-corrected chi connectivity index (χ3v) is 6.97. The Morgan fingerprint density at radius 1 is 1.03 bits per heavy atom. The quantitative estimate of drug-likeness (QED) is 0.494. The van der Waals surface area contributed by atoms with Crippen LogP contribution in [0.15, 0.2) is 48.5 Å². The molecule has 1 atom stereocenters. The second-order valence-corrected chi connectivity index (χ2v) is 9.29. The van der Waals surface area contributed by atoms with Crippen LogP contribution in [0.2, 0.25) is 0 Å². The molecule has 0 radical (unpaired) electrons. The van der Waals surface area contributed by atoms with Crippen molar-refractivity contribution in [3.8, 4) is 11.1 Å². The van der Waals surface area contributed by atoms with Gasteiger partial charge in [-0.1, -0.05) is 74.2 Å². The summed E-state index contributed by atoms with van der Waals surface area (Å²) in [5.41, 5.74) is 4.58.